The highest BCUT2D eigenvalue weighted by atomic mass is 32.2. The molecule has 2 heterocycles. The van der Waals surface area contributed by atoms with Crippen LogP contribution in [-0.4, -0.2) is 35.6 Å². The van der Waals surface area contributed by atoms with E-state index in [1.807, 2.05) is 23.5 Å². The van der Waals surface area contributed by atoms with Gasteiger partial charge in [0.25, 0.3) is 0 Å². The smallest absolute Gasteiger partial charge is 0.138 e. The Hall–Kier alpha value is 0.620. The Morgan fingerprint density at radius 1 is 0.909 bits per heavy atom. The Labute approximate surface area is 75.4 Å². The SMILES string of the molecule is C1COC(C2OCCS2)SC1. The third kappa shape index (κ3) is 2.05. The van der Waals surface area contributed by atoms with Gasteiger partial charge in [0, 0.05) is 12.4 Å². The van der Waals surface area contributed by atoms with Crippen LogP contribution in [0.1, 0.15) is 6.42 Å². The lowest BCUT2D eigenvalue weighted by atomic mass is 10.5. The zero-order valence-corrected chi connectivity index (χ0v) is 7.96. The third-order valence-corrected chi connectivity index (χ3v) is 4.25. The lowest BCUT2D eigenvalue weighted by Crippen LogP contribution is -2.27. The Bertz CT molecular complexity index is 120. The first kappa shape index (κ1) is 8.23. The first-order valence-corrected chi connectivity index (χ1v) is 6.03. The molecule has 0 saturated carbocycles. The summed E-state index contributed by atoms with van der Waals surface area (Å²) in [4.78, 5) is 0. The molecule has 0 aromatic heterocycles. The van der Waals surface area contributed by atoms with Gasteiger partial charge < -0.3 is 9.47 Å². The van der Waals surface area contributed by atoms with Crippen molar-refractivity contribution in [1.29, 1.82) is 0 Å². The molecule has 0 aliphatic carbocycles. The minimum atomic E-state index is 0.302. The van der Waals surface area contributed by atoms with E-state index in [2.05, 4.69) is 0 Å². The maximum atomic E-state index is 5.58. The fourth-order valence-electron chi connectivity index (χ4n) is 1.20. The van der Waals surface area contributed by atoms with Gasteiger partial charge in [-0.1, -0.05) is 0 Å². The molecule has 0 N–H and O–H groups in total. The first-order chi connectivity index (χ1) is 5.47. The Morgan fingerprint density at radius 3 is 2.18 bits per heavy atom. The van der Waals surface area contributed by atoms with E-state index in [9.17, 15) is 0 Å². The molecule has 0 radical (unpaired) electrons. The normalized spacial score (nSPS) is 39.3. The molecule has 0 bridgehead atoms. The molecule has 0 aromatic rings. The van der Waals surface area contributed by atoms with Gasteiger partial charge in [0.05, 0.1) is 6.61 Å². The largest absolute Gasteiger partial charge is 0.364 e. The van der Waals surface area contributed by atoms with Gasteiger partial charge in [-0.2, -0.15) is 0 Å². The van der Waals surface area contributed by atoms with E-state index in [4.69, 9.17) is 9.47 Å². The molecule has 2 nitrogen and oxygen atoms in total. The monoisotopic (exact) mass is 192 g/mol. The molecule has 11 heavy (non-hydrogen) atoms. The topological polar surface area (TPSA) is 18.5 Å². The van der Waals surface area contributed by atoms with Gasteiger partial charge in [0.15, 0.2) is 0 Å². The highest BCUT2D eigenvalue weighted by molar-refractivity contribution is 8.03. The number of ether oxygens (including phenoxy) is 2. The van der Waals surface area contributed by atoms with Crippen molar-refractivity contribution in [2.24, 2.45) is 0 Å². The van der Waals surface area contributed by atoms with Crippen molar-refractivity contribution < 1.29 is 9.47 Å². The van der Waals surface area contributed by atoms with Gasteiger partial charge >= 0.3 is 0 Å². The van der Waals surface area contributed by atoms with Crippen molar-refractivity contribution in [2.45, 2.75) is 17.3 Å². The van der Waals surface area contributed by atoms with Crippen molar-refractivity contribution in [1.82, 2.24) is 0 Å². The van der Waals surface area contributed by atoms with Gasteiger partial charge in [-0.25, -0.2) is 0 Å². The highest BCUT2D eigenvalue weighted by Crippen LogP contribution is 2.33. The summed E-state index contributed by atoms with van der Waals surface area (Å²) < 4.78 is 11.1. The average Bonchev–Trinajstić information content (AvgIpc) is 2.58. The Balaban J connectivity index is 1.82. The number of hydrogen-bond acceptors (Lipinski definition) is 4. The number of hydrogen-bond donors (Lipinski definition) is 0. The fourth-order valence-corrected chi connectivity index (χ4v) is 3.47. The lowest BCUT2D eigenvalue weighted by Gasteiger charge is -2.25. The van der Waals surface area contributed by atoms with E-state index >= 15 is 0 Å². The maximum absolute atomic E-state index is 5.58. The average molecular weight is 192 g/mol. The molecule has 64 valence electrons. The summed E-state index contributed by atoms with van der Waals surface area (Å²) in [6.07, 6.45) is 1.19. The molecule has 2 fully saturated rings. The predicted octanol–water partition coefficient (Wildman–Crippen LogP) is 1.56. The van der Waals surface area contributed by atoms with Gasteiger partial charge in [0.2, 0.25) is 0 Å². The zero-order valence-electron chi connectivity index (χ0n) is 6.32. The van der Waals surface area contributed by atoms with Crippen LogP contribution in [0.4, 0.5) is 0 Å². The minimum Gasteiger partial charge on any atom is -0.364 e. The van der Waals surface area contributed by atoms with E-state index in [0.717, 1.165) is 19.0 Å². The second kappa shape index (κ2) is 4.03. The molecule has 4 heteroatoms. The molecule has 2 unspecified atom stereocenters. The van der Waals surface area contributed by atoms with Crippen molar-refractivity contribution in [3.63, 3.8) is 0 Å². The van der Waals surface area contributed by atoms with Crippen LogP contribution in [0, 0.1) is 0 Å². The van der Waals surface area contributed by atoms with Crippen LogP contribution in [0.2, 0.25) is 0 Å². The predicted molar refractivity (Wildman–Crippen MR) is 49.0 cm³/mol. The summed E-state index contributed by atoms with van der Waals surface area (Å²) in [5.74, 6) is 2.36. The van der Waals surface area contributed by atoms with Crippen molar-refractivity contribution >= 4 is 23.5 Å². The van der Waals surface area contributed by atoms with Crippen LogP contribution >= 0.6 is 23.5 Å². The molecular formula is C7H12O2S2. The maximum Gasteiger partial charge on any atom is 0.138 e. The fraction of sp³-hybridized carbons (Fsp3) is 1.00. The van der Waals surface area contributed by atoms with E-state index in [-0.39, 0.29) is 0 Å². The van der Waals surface area contributed by atoms with Crippen LogP contribution in [0.15, 0.2) is 0 Å². The zero-order chi connectivity index (χ0) is 7.52. The molecule has 2 saturated heterocycles. The van der Waals surface area contributed by atoms with Crippen LogP contribution in [0.25, 0.3) is 0 Å². The standard InChI is InChI=1S/C7H12O2S2/c1-2-8-6(10-4-1)7-9-3-5-11-7/h6-7H,1-5H2. The summed E-state index contributed by atoms with van der Waals surface area (Å²) in [7, 11) is 0. The number of rotatable bonds is 1. The summed E-state index contributed by atoms with van der Waals surface area (Å²) in [6, 6.07) is 0. The number of thioether (sulfide) groups is 2. The Kier molecular flexibility index (Phi) is 3.01. The quantitative estimate of drug-likeness (QED) is 0.627. The van der Waals surface area contributed by atoms with E-state index in [1.165, 1.54) is 12.2 Å². The highest BCUT2D eigenvalue weighted by Gasteiger charge is 2.29. The van der Waals surface area contributed by atoms with Gasteiger partial charge in [0.1, 0.15) is 10.9 Å². The molecule has 2 atom stereocenters. The molecule has 0 aromatic carbocycles. The second-order valence-electron chi connectivity index (χ2n) is 2.57. The second-order valence-corrected chi connectivity index (χ2v) is 4.99. The van der Waals surface area contributed by atoms with Gasteiger partial charge in [-0.15, -0.1) is 23.5 Å². The molecule has 0 amide bonds. The van der Waals surface area contributed by atoms with Gasteiger partial charge in [-0.05, 0) is 12.2 Å². The van der Waals surface area contributed by atoms with Crippen molar-refractivity contribution in [2.75, 3.05) is 24.7 Å². The lowest BCUT2D eigenvalue weighted by molar-refractivity contribution is 0.0203. The van der Waals surface area contributed by atoms with E-state index < -0.39 is 0 Å². The molecular weight excluding hydrogens is 180 g/mol. The van der Waals surface area contributed by atoms with Crippen LogP contribution < -0.4 is 0 Å². The molecule has 2 aliphatic heterocycles. The molecule has 0 spiro atoms. The van der Waals surface area contributed by atoms with Crippen LogP contribution in [0.3, 0.4) is 0 Å². The summed E-state index contributed by atoms with van der Waals surface area (Å²) in [5.41, 5.74) is 0.608. The van der Waals surface area contributed by atoms with Gasteiger partial charge in [-0.3, -0.25) is 0 Å². The van der Waals surface area contributed by atoms with Crippen molar-refractivity contribution in [3.05, 3.63) is 0 Å². The van der Waals surface area contributed by atoms with Crippen LogP contribution in [0.5, 0.6) is 0 Å². The summed E-state index contributed by atoms with van der Waals surface area (Å²) >= 11 is 3.77. The van der Waals surface area contributed by atoms with E-state index in [0.29, 0.717) is 10.9 Å². The van der Waals surface area contributed by atoms with Crippen molar-refractivity contribution in [3.8, 4) is 0 Å². The van der Waals surface area contributed by atoms with E-state index in [1.54, 1.807) is 0 Å². The Morgan fingerprint density at radius 2 is 1.64 bits per heavy atom. The minimum absolute atomic E-state index is 0.302. The first-order valence-electron chi connectivity index (χ1n) is 3.93. The molecule has 2 aliphatic rings. The third-order valence-electron chi connectivity index (χ3n) is 1.72. The molecule has 2 rings (SSSR count). The van der Waals surface area contributed by atoms with Crippen LogP contribution in [-0.2, 0) is 9.47 Å². The summed E-state index contributed by atoms with van der Waals surface area (Å²) in [5, 5.41) is 0. The summed E-state index contributed by atoms with van der Waals surface area (Å²) in [6.45, 7) is 1.81.